The van der Waals surface area contributed by atoms with Crippen LogP contribution < -0.4 is 0 Å². The maximum atomic E-state index is 12.7. The molecule has 3 heterocycles. The lowest BCUT2D eigenvalue weighted by atomic mass is 9.87. The molecule has 0 N–H and O–H groups in total. The molecule has 1 amide bonds. The lowest BCUT2D eigenvalue weighted by molar-refractivity contribution is -0.140. The fourth-order valence-electron chi connectivity index (χ4n) is 3.41. The second-order valence-electron chi connectivity index (χ2n) is 7.79. The highest BCUT2D eigenvalue weighted by molar-refractivity contribution is 5.81. The van der Waals surface area contributed by atoms with E-state index >= 15 is 0 Å². The topological polar surface area (TPSA) is 59.0 Å². The zero-order chi connectivity index (χ0) is 18.0. The Labute approximate surface area is 149 Å². The number of aryl methyl sites for hydroxylation is 1. The molecule has 5 heteroatoms. The van der Waals surface area contributed by atoms with Crippen molar-refractivity contribution in [2.24, 2.45) is 5.41 Å². The fraction of sp³-hybridized carbons (Fsp3) is 0.500. The number of nitrogens with zero attached hydrogens (tertiary/aromatic N) is 4. The minimum Gasteiger partial charge on any atom is -0.342 e. The first-order valence-corrected chi connectivity index (χ1v) is 8.89. The van der Waals surface area contributed by atoms with E-state index in [0.717, 1.165) is 48.6 Å². The van der Waals surface area contributed by atoms with Crippen LogP contribution in [0.15, 0.2) is 30.7 Å². The molecule has 1 saturated heterocycles. The van der Waals surface area contributed by atoms with E-state index in [9.17, 15) is 4.79 Å². The van der Waals surface area contributed by atoms with Crippen LogP contribution in [0.1, 0.15) is 51.0 Å². The van der Waals surface area contributed by atoms with Gasteiger partial charge in [-0.3, -0.25) is 9.78 Å². The lowest BCUT2D eigenvalue weighted by Crippen LogP contribution is -2.44. The van der Waals surface area contributed by atoms with Crippen molar-refractivity contribution in [1.82, 2.24) is 19.9 Å². The summed E-state index contributed by atoms with van der Waals surface area (Å²) >= 11 is 0. The third-order valence-electron chi connectivity index (χ3n) is 4.67. The first kappa shape index (κ1) is 17.5. The van der Waals surface area contributed by atoms with Gasteiger partial charge in [0.05, 0.1) is 5.69 Å². The Morgan fingerprint density at radius 3 is 2.64 bits per heavy atom. The third kappa shape index (κ3) is 3.86. The minimum absolute atomic E-state index is 0.216. The van der Waals surface area contributed by atoms with Crippen LogP contribution in [0.5, 0.6) is 0 Å². The van der Waals surface area contributed by atoms with Gasteiger partial charge < -0.3 is 4.90 Å². The monoisotopic (exact) mass is 338 g/mol. The SMILES string of the molecule is Cc1ncc(-c2ccncc2)c([C@H]2CCCN(C(=O)C(C)(C)C)C2)n1. The molecule has 0 spiro atoms. The van der Waals surface area contributed by atoms with Crippen LogP contribution in [-0.2, 0) is 4.79 Å². The Bertz CT molecular complexity index is 752. The van der Waals surface area contributed by atoms with Crippen LogP contribution >= 0.6 is 0 Å². The molecule has 2 aromatic rings. The van der Waals surface area contributed by atoms with E-state index in [-0.39, 0.29) is 17.2 Å². The molecule has 5 nitrogen and oxygen atoms in total. The quantitative estimate of drug-likeness (QED) is 0.839. The molecule has 0 radical (unpaired) electrons. The van der Waals surface area contributed by atoms with Crippen molar-refractivity contribution in [2.75, 3.05) is 13.1 Å². The van der Waals surface area contributed by atoms with E-state index in [1.54, 1.807) is 12.4 Å². The van der Waals surface area contributed by atoms with Crippen LogP contribution in [0.25, 0.3) is 11.1 Å². The summed E-state index contributed by atoms with van der Waals surface area (Å²) in [4.78, 5) is 28.0. The number of rotatable bonds is 2. The van der Waals surface area contributed by atoms with Gasteiger partial charge in [-0.25, -0.2) is 9.97 Å². The number of piperidine rings is 1. The highest BCUT2D eigenvalue weighted by atomic mass is 16.2. The Kier molecular flexibility index (Phi) is 4.84. The summed E-state index contributed by atoms with van der Waals surface area (Å²) in [6, 6.07) is 3.97. The van der Waals surface area contributed by atoms with Gasteiger partial charge in [0, 0.05) is 48.6 Å². The van der Waals surface area contributed by atoms with Crippen molar-refractivity contribution in [2.45, 2.75) is 46.5 Å². The van der Waals surface area contributed by atoms with Crippen molar-refractivity contribution < 1.29 is 4.79 Å². The predicted octanol–water partition coefficient (Wildman–Crippen LogP) is 3.60. The standard InChI is InChI=1S/C20H26N4O/c1-14-22-12-17(15-7-9-21-10-8-15)18(23-14)16-6-5-11-24(13-16)19(25)20(2,3)4/h7-10,12,16H,5-6,11,13H2,1-4H3/t16-/m0/s1. The number of pyridine rings is 1. The summed E-state index contributed by atoms with van der Waals surface area (Å²) < 4.78 is 0. The predicted molar refractivity (Wildman–Crippen MR) is 98.0 cm³/mol. The molecule has 0 bridgehead atoms. The number of carbonyl (C=O) groups is 1. The van der Waals surface area contributed by atoms with Gasteiger partial charge in [0.2, 0.25) is 5.91 Å². The normalized spacial score (nSPS) is 18.2. The van der Waals surface area contributed by atoms with E-state index in [4.69, 9.17) is 4.98 Å². The van der Waals surface area contributed by atoms with E-state index in [0.29, 0.717) is 0 Å². The average molecular weight is 338 g/mol. The van der Waals surface area contributed by atoms with Crippen LogP contribution in [0.2, 0.25) is 0 Å². The highest BCUT2D eigenvalue weighted by Crippen LogP contribution is 2.34. The molecule has 25 heavy (non-hydrogen) atoms. The van der Waals surface area contributed by atoms with Gasteiger partial charge in [-0.15, -0.1) is 0 Å². The second kappa shape index (κ2) is 6.90. The first-order chi connectivity index (χ1) is 11.9. The van der Waals surface area contributed by atoms with Crippen molar-refractivity contribution >= 4 is 5.91 Å². The number of hydrogen-bond acceptors (Lipinski definition) is 4. The molecule has 132 valence electrons. The van der Waals surface area contributed by atoms with Gasteiger partial charge in [0.1, 0.15) is 5.82 Å². The summed E-state index contributed by atoms with van der Waals surface area (Å²) in [6.45, 7) is 9.43. The Morgan fingerprint density at radius 1 is 1.24 bits per heavy atom. The summed E-state index contributed by atoms with van der Waals surface area (Å²) in [5, 5.41) is 0. The second-order valence-corrected chi connectivity index (χ2v) is 7.79. The highest BCUT2D eigenvalue weighted by Gasteiger charge is 2.32. The molecule has 0 aromatic carbocycles. The molecule has 1 atom stereocenters. The van der Waals surface area contributed by atoms with Crippen LogP contribution in [0.3, 0.4) is 0 Å². The van der Waals surface area contributed by atoms with E-state index < -0.39 is 0 Å². The molecule has 1 aliphatic rings. The maximum Gasteiger partial charge on any atom is 0.227 e. The number of carbonyl (C=O) groups excluding carboxylic acids is 1. The number of aromatic nitrogens is 3. The average Bonchev–Trinajstić information content (AvgIpc) is 2.61. The summed E-state index contributed by atoms with van der Waals surface area (Å²) in [5.74, 6) is 1.23. The molecule has 1 fully saturated rings. The van der Waals surface area contributed by atoms with Crippen LogP contribution in [-0.4, -0.2) is 38.8 Å². The Hall–Kier alpha value is -2.30. The van der Waals surface area contributed by atoms with Crippen LogP contribution in [0, 0.1) is 12.3 Å². The van der Waals surface area contributed by atoms with E-state index in [1.807, 2.05) is 50.9 Å². The summed E-state index contributed by atoms with van der Waals surface area (Å²) in [6.07, 6.45) is 7.52. The zero-order valence-corrected chi connectivity index (χ0v) is 15.5. The number of likely N-dealkylation sites (tertiary alicyclic amines) is 1. The molecule has 0 aliphatic carbocycles. The lowest BCUT2D eigenvalue weighted by Gasteiger charge is -2.36. The van der Waals surface area contributed by atoms with Crippen molar-refractivity contribution in [3.05, 3.63) is 42.2 Å². The van der Waals surface area contributed by atoms with Gasteiger partial charge in [-0.1, -0.05) is 20.8 Å². The van der Waals surface area contributed by atoms with Crippen molar-refractivity contribution in [1.29, 1.82) is 0 Å². The van der Waals surface area contributed by atoms with Gasteiger partial charge in [-0.05, 0) is 37.5 Å². The molecule has 2 aromatic heterocycles. The first-order valence-electron chi connectivity index (χ1n) is 8.89. The van der Waals surface area contributed by atoms with Gasteiger partial charge >= 0.3 is 0 Å². The summed E-state index contributed by atoms with van der Waals surface area (Å²) in [7, 11) is 0. The van der Waals surface area contributed by atoms with Crippen LogP contribution in [0.4, 0.5) is 0 Å². The third-order valence-corrected chi connectivity index (χ3v) is 4.67. The minimum atomic E-state index is -0.350. The van der Waals surface area contributed by atoms with Gasteiger partial charge in [-0.2, -0.15) is 0 Å². The summed E-state index contributed by atoms with van der Waals surface area (Å²) in [5.41, 5.74) is 2.81. The maximum absolute atomic E-state index is 12.7. The van der Waals surface area contributed by atoms with Gasteiger partial charge in [0.25, 0.3) is 0 Å². The van der Waals surface area contributed by atoms with E-state index in [1.165, 1.54) is 0 Å². The molecule has 0 unspecified atom stereocenters. The smallest absolute Gasteiger partial charge is 0.227 e. The molecule has 1 aliphatic heterocycles. The molecular formula is C20H26N4O. The molecule has 0 saturated carbocycles. The number of amides is 1. The van der Waals surface area contributed by atoms with Crippen molar-refractivity contribution in [3.63, 3.8) is 0 Å². The largest absolute Gasteiger partial charge is 0.342 e. The van der Waals surface area contributed by atoms with Crippen molar-refractivity contribution in [3.8, 4) is 11.1 Å². The fourth-order valence-corrected chi connectivity index (χ4v) is 3.41. The zero-order valence-electron chi connectivity index (χ0n) is 15.5. The molecule has 3 rings (SSSR count). The Morgan fingerprint density at radius 2 is 1.96 bits per heavy atom. The van der Waals surface area contributed by atoms with E-state index in [2.05, 4.69) is 9.97 Å². The van der Waals surface area contributed by atoms with Gasteiger partial charge in [0.15, 0.2) is 0 Å². The number of hydrogen-bond donors (Lipinski definition) is 0. The molecular weight excluding hydrogens is 312 g/mol. The Balaban J connectivity index is 1.93.